The molecule has 0 aliphatic heterocycles. The summed E-state index contributed by atoms with van der Waals surface area (Å²) in [4.78, 5) is 10.2. The van der Waals surface area contributed by atoms with Crippen molar-refractivity contribution in [2.24, 2.45) is 0 Å². The third-order valence-electron chi connectivity index (χ3n) is 1.51. The number of rotatable bonds is 6. The van der Waals surface area contributed by atoms with Crippen LogP contribution < -0.4 is 0 Å². The van der Waals surface area contributed by atoms with Crippen molar-refractivity contribution in [1.29, 1.82) is 0 Å². The predicted octanol–water partition coefficient (Wildman–Crippen LogP) is 2.18. The van der Waals surface area contributed by atoms with Gasteiger partial charge in [0, 0.05) is 0 Å². The van der Waals surface area contributed by atoms with E-state index in [0.29, 0.717) is 31.0 Å². The molecular formula is C10H12O3. The van der Waals surface area contributed by atoms with Gasteiger partial charge in [0.2, 0.25) is 0 Å². The van der Waals surface area contributed by atoms with Crippen LogP contribution in [-0.4, -0.2) is 12.9 Å². The quantitative estimate of drug-likeness (QED) is 0.382. The van der Waals surface area contributed by atoms with Crippen LogP contribution in [-0.2, 0) is 11.3 Å². The van der Waals surface area contributed by atoms with Gasteiger partial charge >= 0.3 is 0 Å². The highest BCUT2D eigenvalue weighted by Crippen LogP contribution is 2.06. The molecule has 1 heterocycles. The van der Waals surface area contributed by atoms with Crippen LogP contribution in [0.25, 0.3) is 0 Å². The highest BCUT2D eigenvalue weighted by atomic mass is 16.5. The van der Waals surface area contributed by atoms with Crippen LogP contribution in [0.15, 0.2) is 29.2 Å². The van der Waals surface area contributed by atoms with Crippen LogP contribution in [0.4, 0.5) is 0 Å². The Hall–Kier alpha value is -1.35. The Bertz CT molecular complexity index is 275. The van der Waals surface area contributed by atoms with Gasteiger partial charge in [-0.1, -0.05) is 6.08 Å². The maximum atomic E-state index is 10.2. The summed E-state index contributed by atoms with van der Waals surface area (Å²) in [5.74, 6) is 1.01. The van der Waals surface area contributed by atoms with E-state index in [-0.39, 0.29) is 0 Å². The molecule has 0 N–H and O–H groups in total. The van der Waals surface area contributed by atoms with E-state index in [4.69, 9.17) is 9.15 Å². The fraction of sp³-hybridized carbons (Fsp3) is 0.300. The lowest BCUT2D eigenvalue weighted by atomic mass is 10.4. The number of hydrogen-bond donors (Lipinski definition) is 0. The Morgan fingerprint density at radius 3 is 3.00 bits per heavy atom. The number of hydrogen-bond acceptors (Lipinski definition) is 3. The second-order valence-electron chi connectivity index (χ2n) is 2.55. The first kappa shape index (κ1) is 9.74. The molecule has 0 unspecified atom stereocenters. The predicted molar refractivity (Wildman–Crippen MR) is 48.6 cm³/mol. The molecule has 70 valence electrons. The summed E-state index contributed by atoms with van der Waals surface area (Å²) in [6.07, 6.45) is 3.29. The molecule has 13 heavy (non-hydrogen) atoms. The van der Waals surface area contributed by atoms with Crippen molar-refractivity contribution in [3.8, 4) is 0 Å². The summed E-state index contributed by atoms with van der Waals surface area (Å²) in [5, 5.41) is 0. The van der Waals surface area contributed by atoms with Crippen LogP contribution in [0.5, 0.6) is 0 Å². The van der Waals surface area contributed by atoms with E-state index < -0.39 is 0 Å². The third-order valence-corrected chi connectivity index (χ3v) is 1.51. The maximum absolute atomic E-state index is 10.2. The van der Waals surface area contributed by atoms with E-state index in [2.05, 4.69) is 6.58 Å². The van der Waals surface area contributed by atoms with E-state index in [1.807, 2.05) is 0 Å². The smallest absolute Gasteiger partial charge is 0.185 e. The molecule has 3 nitrogen and oxygen atoms in total. The molecule has 1 aromatic rings. The molecule has 0 radical (unpaired) electrons. The largest absolute Gasteiger partial charge is 0.456 e. The Balaban J connectivity index is 2.28. The fourth-order valence-corrected chi connectivity index (χ4v) is 0.875. The van der Waals surface area contributed by atoms with Crippen molar-refractivity contribution in [2.45, 2.75) is 13.0 Å². The zero-order chi connectivity index (χ0) is 9.52. The first-order valence-electron chi connectivity index (χ1n) is 4.09. The van der Waals surface area contributed by atoms with Crippen molar-refractivity contribution in [2.75, 3.05) is 6.61 Å². The molecule has 0 saturated heterocycles. The Kier molecular flexibility index (Phi) is 3.99. The molecule has 0 saturated carbocycles. The minimum Gasteiger partial charge on any atom is -0.456 e. The highest BCUT2D eigenvalue weighted by molar-refractivity contribution is 5.70. The number of carbonyl (C=O) groups excluding carboxylic acids is 1. The fourth-order valence-electron chi connectivity index (χ4n) is 0.875. The molecule has 0 aliphatic rings. The van der Waals surface area contributed by atoms with Gasteiger partial charge in [-0.25, -0.2) is 0 Å². The highest BCUT2D eigenvalue weighted by Gasteiger charge is 1.99. The molecule has 0 spiro atoms. The number of furan rings is 1. The van der Waals surface area contributed by atoms with Gasteiger partial charge in [0.05, 0.1) is 6.61 Å². The summed E-state index contributed by atoms with van der Waals surface area (Å²) < 4.78 is 10.3. The van der Waals surface area contributed by atoms with Crippen molar-refractivity contribution in [1.82, 2.24) is 0 Å². The third kappa shape index (κ3) is 3.25. The van der Waals surface area contributed by atoms with Gasteiger partial charge in [0.15, 0.2) is 12.0 Å². The van der Waals surface area contributed by atoms with Crippen LogP contribution >= 0.6 is 0 Å². The molecule has 0 fully saturated rings. The van der Waals surface area contributed by atoms with Gasteiger partial charge in [-0.3, -0.25) is 4.79 Å². The topological polar surface area (TPSA) is 39.4 Å². The average molecular weight is 180 g/mol. The number of carbonyl (C=O) groups is 1. The first-order chi connectivity index (χ1) is 6.36. The van der Waals surface area contributed by atoms with Crippen LogP contribution in [0.2, 0.25) is 0 Å². The van der Waals surface area contributed by atoms with Gasteiger partial charge in [-0.2, -0.15) is 0 Å². The number of aldehydes is 1. The molecule has 0 atom stereocenters. The normalized spacial score (nSPS) is 9.85. The van der Waals surface area contributed by atoms with Gasteiger partial charge in [0.1, 0.15) is 12.4 Å². The van der Waals surface area contributed by atoms with E-state index >= 15 is 0 Å². The lowest BCUT2D eigenvalue weighted by molar-refractivity contribution is 0.103. The average Bonchev–Trinajstić information content (AvgIpc) is 2.60. The van der Waals surface area contributed by atoms with Gasteiger partial charge in [-0.15, -0.1) is 6.58 Å². The lowest BCUT2D eigenvalue weighted by Gasteiger charge is -1.97. The van der Waals surface area contributed by atoms with Crippen molar-refractivity contribution in [3.05, 3.63) is 36.3 Å². The Morgan fingerprint density at radius 2 is 2.38 bits per heavy atom. The summed E-state index contributed by atoms with van der Waals surface area (Å²) in [5.41, 5.74) is 0. The minimum absolute atomic E-state index is 0.335. The standard InChI is InChI=1S/C10H12O3/c1-2-3-6-12-8-10-5-4-9(7-11)13-10/h2,4-5,7H,1,3,6,8H2. The maximum Gasteiger partial charge on any atom is 0.185 e. The molecule has 1 aromatic heterocycles. The van der Waals surface area contributed by atoms with Crippen molar-refractivity contribution < 1.29 is 13.9 Å². The zero-order valence-electron chi connectivity index (χ0n) is 7.36. The van der Waals surface area contributed by atoms with Gasteiger partial charge < -0.3 is 9.15 Å². The Labute approximate surface area is 77.0 Å². The summed E-state index contributed by atoms with van der Waals surface area (Å²) in [6.45, 7) is 4.60. The summed E-state index contributed by atoms with van der Waals surface area (Å²) in [7, 11) is 0. The number of ether oxygens (including phenoxy) is 1. The lowest BCUT2D eigenvalue weighted by Crippen LogP contribution is -1.92. The molecule has 3 heteroatoms. The van der Waals surface area contributed by atoms with Crippen LogP contribution in [0.1, 0.15) is 22.7 Å². The second kappa shape index (κ2) is 5.32. The zero-order valence-corrected chi connectivity index (χ0v) is 7.36. The Morgan fingerprint density at radius 1 is 1.54 bits per heavy atom. The molecule has 0 amide bonds. The van der Waals surface area contributed by atoms with Crippen molar-refractivity contribution >= 4 is 6.29 Å². The first-order valence-corrected chi connectivity index (χ1v) is 4.09. The van der Waals surface area contributed by atoms with E-state index in [1.54, 1.807) is 18.2 Å². The van der Waals surface area contributed by atoms with Gasteiger partial charge in [0.25, 0.3) is 0 Å². The monoisotopic (exact) mass is 180 g/mol. The van der Waals surface area contributed by atoms with E-state index in [9.17, 15) is 4.79 Å². The van der Waals surface area contributed by atoms with Crippen LogP contribution in [0.3, 0.4) is 0 Å². The molecule has 0 bridgehead atoms. The van der Waals surface area contributed by atoms with Crippen molar-refractivity contribution in [3.63, 3.8) is 0 Å². The molecule has 1 rings (SSSR count). The summed E-state index contributed by atoms with van der Waals surface area (Å²) >= 11 is 0. The molecule has 0 aliphatic carbocycles. The molecule has 0 aromatic carbocycles. The van der Waals surface area contributed by atoms with Crippen LogP contribution in [0, 0.1) is 0 Å². The summed E-state index contributed by atoms with van der Waals surface area (Å²) in [6, 6.07) is 3.36. The molecular weight excluding hydrogens is 168 g/mol. The van der Waals surface area contributed by atoms with E-state index in [1.165, 1.54) is 0 Å². The van der Waals surface area contributed by atoms with E-state index in [0.717, 1.165) is 6.42 Å². The second-order valence-corrected chi connectivity index (χ2v) is 2.55. The van der Waals surface area contributed by atoms with Gasteiger partial charge in [-0.05, 0) is 18.6 Å². The minimum atomic E-state index is 0.335. The SMILES string of the molecule is C=CCCOCc1ccc(C=O)o1.